The Kier molecular flexibility index (Phi) is 4.90. The fraction of sp³-hybridized carbons (Fsp3) is 0.0952. The van der Waals surface area contributed by atoms with E-state index in [0.29, 0.717) is 17.1 Å². The normalized spacial score (nSPS) is 10.8. The van der Waals surface area contributed by atoms with Crippen LogP contribution in [0.25, 0.3) is 20.8 Å². The van der Waals surface area contributed by atoms with E-state index < -0.39 is 4.92 Å². The molecule has 1 aromatic heterocycles. The van der Waals surface area contributed by atoms with E-state index in [1.165, 1.54) is 6.07 Å². The van der Waals surface area contributed by atoms with Crippen molar-refractivity contribution in [2.45, 2.75) is 6.61 Å². The first-order chi connectivity index (χ1) is 13.7. The summed E-state index contributed by atoms with van der Waals surface area (Å²) in [4.78, 5) is 15.5. The molecule has 3 aromatic carbocycles. The van der Waals surface area contributed by atoms with Crippen molar-refractivity contribution in [3.05, 3.63) is 82.4 Å². The van der Waals surface area contributed by atoms with Crippen LogP contribution in [-0.4, -0.2) is 17.0 Å². The van der Waals surface area contributed by atoms with Crippen LogP contribution in [0, 0.1) is 10.1 Å². The third-order valence-electron chi connectivity index (χ3n) is 4.28. The number of rotatable bonds is 6. The molecule has 0 radical (unpaired) electrons. The van der Waals surface area contributed by atoms with E-state index in [9.17, 15) is 10.1 Å². The average molecular weight is 392 g/mol. The van der Waals surface area contributed by atoms with E-state index >= 15 is 0 Å². The zero-order valence-corrected chi connectivity index (χ0v) is 15.8. The lowest BCUT2D eigenvalue weighted by Crippen LogP contribution is -2.01. The summed E-state index contributed by atoms with van der Waals surface area (Å²) in [6.45, 7) is 0.0663. The molecule has 0 saturated heterocycles. The van der Waals surface area contributed by atoms with E-state index in [1.807, 2.05) is 42.5 Å². The summed E-state index contributed by atoms with van der Waals surface area (Å²) in [5.41, 5.74) is 2.38. The van der Waals surface area contributed by atoms with Crippen molar-refractivity contribution in [2.24, 2.45) is 0 Å². The molecule has 0 aliphatic heterocycles. The maximum Gasteiger partial charge on any atom is 0.276 e. The molecule has 0 unspecified atom stereocenters. The Morgan fingerprint density at radius 2 is 1.82 bits per heavy atom. The molecule has 0 aliphatic rings. The zero-order valence-electron chi connectivity index (χ0n) is 15.0. The molecule has 0 amide bonds. The number of ether oxygens (including phenoxy) is 2. The van der Waals surface area contributed by atoms with Gasteiger partial charge in [-0.1, -0.05) is 24.3 Å². The molecule has 6 nitrogen and oxygen atoms in total. The van der Waals surface area contributed by atoms with E-state index in [4.69, 9.17) is 9.47 Å². The number of hydrogen-bond acceptors (Lipinski definition) is 6. The predicted octanol–water partition coefficient (Wildman–Crippen LogP) is 5.46. The Hall–Kier alpha value is -3.45. The molecule has 0 spiro atoms. The Bertz CT molecular complexity index is 1120. The second-order valence-corrected chi connectivity index (χ2v) is 7.06. The SMILES string of the molecule is COc1ccc(-c2nc3ccccc3s2)cc1OCc1ccccc1[N+](=O)[O-]. The number of thiazole rings is 1. The Morgan fingerprint density at radius 3 is 2.61 bits per heavy atom. The molecule has 4 rings (SSSR count). The maximum absolute atomic E-state index is 11.2. The van der Waals surface area contributed by atoms with Gasteiger partial charge in [0.05, 0.1) is 27.8 Å². The minimum absolute atomic E-state index is 0.0313. The summed E-state index contributed by atoms with van der Waals surface area (Å²) in [5, 5.41) is 12.1. The van der Waals surface area contributed by atoms with Crippen molar-refractivity contribution in [3.63, 3.8) is 0 Å². The number of para-hydroxylation sites is 2. The van der Waals surface area contributed by atoms with Crippen LogP contribution in [0.1, 0.15) is 5.56 Å². The van der Waals surface area contributed by atoms with Gasteiger partial charge in [0.15, 0.2) is 11.5 Å². The summed E-state index contributed by atoms with van der Waals surface area (Å²) in [5.74, 6) is 1.07. The molecule has 140 valence electrons. The fourth-order valence-corrected chi connectivity index (χ4v) is 3.85. The van der Waals surface area contributed by atoms with Crippen molar-refractivity contribution < 1.29 is 14.4 Å². The maximum atomic E-state index is 11.2. The molecular formula is C21H16N2O4S. The second kappa shape index (κ2) is 7.66. The Balaban J connectivity index is 1.65. The number of benzene rings is 3. The van der Waals surface area contributed by atoms with Gasteiger partial charge in [-0.3, -0.25) is 10.1 Å². The summed E-state index contributed by atoms with van der Waals surface area (Å²) in [6.07, 6.45) is 0. The lowest BCUT2D eigenvalue weighted by atomic mass is 10.2. The molecule has 0 fully saturated rings. The van der Waals surface area contributed by atoms with Gasteiger partial charge in [0, 0.05) is 11.6 Å². The molecular weight excluding hydrogens is 376 g/mol. The predicted molar refractivity (Wildman–Crippen MR) is 109 cm³/mol. The number of methoxy groups -OCH3 is 1. The molecule has 28 heavy (non-hydrogen) atoms. The van der Waals surface area contributed by atoms with Crippen molar-refractivity contribution in [3.8, 4) is 22.1 Å². The highest BCUT2D eigenvalue weighted by Gasteiger charge is 2.15. The Labute approximate surface area is 165 Å². The molecule has 0 N–H and O–H groups in total. The van der Waals surface area contributed by atoms with Crippen molar-refractivity contribution in [1.29, 1.82) is 0 Å². The van der Waals surface area contributed by atoms with Crippen molar-refractivity contribution >= 4 is 27.2 Å². The van der Waals surface area contributed by atoms with Crippen LogP contribution in [0.15, 0.2) is 66.7 Å². The van der Waals surface area contributed by atoms with E-state index in [2.05, 4.69) is 4.98 Å². The third-order valence-corrected chi connectivity index (χ3v) is 5.36. The number of hydrogen-bond donors (Lipinski definition) is 0. The van der Waals surface area contributed by atoms with Crippen molar-refractivity contribution in [2.75, 3.05) is 7.11 Å². The first-order valence-electron chi connectivity index (χ1n) is 8.55. The van der Waals surface area contributed by atoms with Gasteiger partial charge in [0.2, 0.25) is 0 Å². The topological polar surface area (TPSA) is 74.5 Å². The van der Waals surface area contributed by atoms with Gasteiger partial charge in [-0.05, 0) is 36.4 Å². The van der Waals surface area contributed by atoms with E-state index in [-0.39, 0.29) is 12.3 Å². The number of nitrogens with zero attached hydrogens (tertiary/aromatic N) is 2. The summed E-state index contributed by atoms with van der Waals surface area (Å²) in [7, 11) is 1.56. The average Bonchev–Trinajstić information content (AvgIpc) is 3.16. The second-order valence-electron chi connectivity index (χ2n) is 6.03. The minimum atomic E-state index is -0.409. The van der Waals surface area contributed by atoms with Gasteiger partial charge in [0.1, 0.15) is 11.6 Å². The van der Waals surface area contributed by atoms with Gasteiger partial charge in [-0.25, -0.2) is 4.98 Å². The highest BCUT2D eigenvalue weighted by molar-refractivity contribution is 7.21. The standard InChI is InChI=1S/C21H16N2O4S/c1-26-18-11-10-14(21-22-16-7-3-5-9-20(16)28-21)12-19(18)27-13-15-6-2-4-8-17(15)23(24)25/h2-12H,13H2,1H3. The van der Waals surface area contributed by atoms with Crippen LogP contribution in [0.2, 0.25) is 0 Å². The van der Waals surface area contributed by atoms with Crippen molar-refractivity contribution in [1.82, 2.24) is 4.98 Å². The molecule has 0 saturated carbocycles. The molecule has 7 heteroatoms. The van der Waals surface area contributed by atoms with Gasteiger partial charge in [0.25, 0.3) is 5.69 Å². The summed E-state index contributed by atoms with van der Waals surface area (Å²) in [6, 6.07) is 20.1. The van der Waals surface area contributed by atoms with Crippen LogP contribution in [0.5, 0.6) is 11.5 Å². The lowest BCUT2D eigenvalue weighted by Gasteiger charge is -2.12. The highest BCUT2D eigenvalue weighted by atomic mass is 32.1. The van der Waals surface area contributed by atoms with Crippen LogP contribution in [-0.2, 0) is 6.61 Å². The molecule has 0 aliphatic carbocycles. The number of aromatic nitrogens is 1. The van der Waals surface area contributed by atoms with Gasteiger partial charge < -0.3 is 9.47 Å². The van der Waals surface area contributed by atoms with Crippen LogP contribution >= 0.6 is 11.3 Å². The van der Waals surface area contributed by atoms with Gasteiger partial charge in [-0.15, -0.1) is 11.3 Å². The quantitative estimate of drug-likeness (QED) is 0.322. The fourth-order valence-electron chi connectivity index (χ4n) is 2.88. The van der Waals surface area contributed by atoms with Crippen LogP contribution < -0.4 is 9.47 Å². The highest BCUT2D eigenvalue weighted by Crippen LogP contribution is 2.36. The van der Waals surface area contributed by atoms with E-state index in [0.717, 1.165) is 20.8 Å². The third kappa shape index (κ3) is 3.52. The zero-order chi connectivity index (χ0) is 19.5. The molecule has 0 atom stereocenters. The smallest absolute Gasteiger partial charge is 0.276 e. The number of nitro groups is 1. The molecule has 1 heterocycles. The van der Waals surface area contributed by atoms with Gasteiger partial charge >= 0.3 is 0 Å². The minimum Gasteiger partial charge on any atom is -0.493 e. The largest absolute Gasteiger partial charge is 0.493 e. The number of fused-ring (bicyclic) bond motifs is 1. The van der Waals surface area contributed by atoms with Gasteiger partial charge in [-0.2, -0.15) is 0 Å². The van der Waals surface area contributed by atoms with Crippen LogP contribution in [0.4, 0.5) is 5.69 Å². The molecule has 0 bridgehead atoms. The summed E-state index contributed by atoms with van der Waals surface area (Å²) >= 11 is 1.60. The van der Waals surface area contributed by atoms with Crippen LogP contribution in [0.3, 0.4) is 0 Å². The van der Waals surface area contributed by atoms with E-state index in [1.54, 1.807) is 36.6 Å². The Morgan fingerprint density at radius 1 is 1.04 bits per heavy atom. The number of nitro benzene ring substituents is 1. The first-order valence-corrected chi connectivity index (χ1v) is 9.36. The molecule has 4 aromatic rings. The summed E-state index contributed by atoms with van der Waals surface area (Å²) < 4.78 is 12.4. The monoisotopic (exact) mass is 392 g/mol. The lowest BCUT2D eigenvalue weighted by molar-refractivity contribution is -0.385. The first kappa shape index (κ1) is 17.9.